The fourth-order valence-corrected chi connectivity index (χ4v) is 2.86. The van der Waals surface area contributed by atoms with Crippen molar-refractivity contribution in [3.63, 3.8) is 0 Å². The second kappa shape index (κ2) is 5.38. The number of aromatic nitrogens is 4. The molecule has 0 aliphatic carbocycles. The average Bonchev–Trinajstić information content (AvgIpc) is 3.12. The molecule has 1 aromatic carbocycles. The number of hydrogen-bond donors (Lipinski definition) is 2. The lowest BCUT2D eigenvalue weighted by atomic mass is 10.1. The lowest BCUT2D eigenvalue weighted by molar-refractivity contribution is 0.243. The Hall–Kier alpha value is -2.90. The molecule has 3 aromatic rings. The average molecular weight is 312 g/mol. The van der Waals surface area contributed by atoms with Gasteiger partial charge in [-0.25, -0.2) is 19.4 Å². The van der Waals surface area contributed by atoms with Crippen LogP contribution in [0.2, 0.25) is 0 Å². The largest absolute Gasteiger partial charge is 0.441 e. The maximum Gasteiger partial charge on any atom is 0.319 e. The van der Waals surface area contributed by atoms with Gasteiger partial charge in [-0.3, -0.25) is 0 Å². The number of para-hydroxylation sites is 1. The highest BCUT2D eigenvalue weighted by molar-refractivity contribution is 5.98. The normalized spacial score (nSPS) is 17.0. The van der Waals surface area contributed by atoms with Gasteiger partial charge in [0.05, 0.1) is 18.3 Å². The number of rotatable bonds is 2. The van der Waals surface area contributed by atoms with Crippen molar-refractivity contribution < 1.29 is 9.21 Å². The Balaban J connectivity index is 1.46. The number of amides is 2. The maximum atomic E-state index is 12.3. The van der Waals surface area contributed by atoms with Crippen LogP contribution in [0.3, 0.4) is 0 Å². The number of anilines is 1. The number of carbonyl (C=O) groups excluding carboxylic acids is 1. The molecule has 1 aliphatic heterocycles. The van der Waals surface area contributed by atoms with Gasteiger partial charge in [-0.1, -0.05) is 6.07 Å². The van der Waals surface area contributed by atoms with E-state index in [4.69, 9.17) is 4.42 Å². The summed E-state index contributed by atoms with van der Waals surface area (Å²) in [4.78, 5) is 20.7. The van der Waals surface area contributed by atoms with Crippen LogP contribution in [0.5, 0.6) is 0 Å². The van der Waals surface area contributed by atoms with Gasteiger partial charge in [0, 0.05) is 13.3 Å². The summed E-state index contributed by atoms with van der Waals surface area (Å²) in [6.45, 7) is 2.41. The second-order valence-corrected chi connectivity index (χ2v) is 5.58. The number of nitrogens with one attached hydrogen (secondary N) is 2. The lowest BCUT2D eigenvalue weighted by Gasteiger charge is -2.23. The SMILES string of the molecule is Cc1nc2c(NC(=O)NC3CCc4ncnn4C3)cccc2o1. The molecule has 2 amide bonds. The number of fused-ring (bicyclic) bond motifs is 2. The van der Waals surface area contributed by atoms with Crippen molar-refractivity contribution in [1.82, 2.24) is 25.1 Å². The molecule has 8 nitrogen and oxygen atoms in total. The van der Waals surface area contributed by atoms with Gasteiger partial charge in [0.25, 0.3) is 0 Å². The minimum absolute atomic E-state index is 0.0300. The van der Waals surface area contributed by atoms with Crippen molar-refractivity contribution in [2.45, 2.75) is 32.4 Å². The number of aryl methyl sites for hydroxylation is 2. The van der Waals surface area contributed by atoms with Crippen molar-refractivity contribution in [1.29, 1.82) is 0 Å². The van der Waals surface area contributed by atoms with Gasteiger partial charge in [-0.05, 0) is 18.6 Å². The van der Waals surface area contributed by atoms with Crippen LogP contribution >= 0.6 is 0 Å². The van der Waals surface area contributed by atoms with Crippen LogP contribution in [-0.2, 0) is 13.0 Å². The highest BCUT2D eigenvalue weighted by Crippen LogP contribution is 2.23. The Kier molecular flexibility index (Phi) is 3.22. The predicted molar refractivity (Wildman–Crippen MR) is 83.0 cm³/mol. The molecule has 0 radical (unpaired) electrons. The summed E-state index contributed by atoms with van der Waals surface area (Å²) in [5.74, 6) is 1.53. The molecule has 23 heavy (non-hydrogen) atoms. The number of nitrogens with zero attached hydrogens (tertiary/aromatic N) is 4. The zero-order valence-electron chi connectivity index (χ0n) is 12.6. The van der Waals surface area contributed by atoms with Crippen LogP contribution in [0, 0.1) is 6.92 Å². The molecule has 0 saturated carbocycles. The maximum absolute atomic E-state index is 12.3. The zero-order chi connectivity index (χ0) is 15.8. The molecular weight excluding hydrogens is 296 g/mol. The van der Waals surface area contributed by atoms with Crippen molar-refractivity contribution in [2.75, 3.05) is 5.32 Å². The van der Waals surface area contributed by atoms with Crippen LogP contribution in [-0.4, -0.2) is 31.8 Å². The molecule has 3 heterocycles. The van der Waals surface area contributed by atoms with E-state index in [1.54, 1.807) is 19.3 Å². The number of benzene rings is 1. The van der Waals surface area contributed by atoms with Gasteiger partial charge in [0.15, 0.2) is 11.5 Å². The van der Waals surface area contributed by atoms with Crippen LogP contribution in [0.15, 0.2) is 28.9 Å². The summed E-state index contributed by atoms with van der Waals surface area (Å²) < 4.78 is 7.30. The molecule has 8 heteroatoms. The Labute approximate surface area is 131 Å². The first-order valence-corrected chi connectivity index (χ1v) is 7.49. The molecular formula is C15H16N6O2. The number of oxazole rings is 1. The smallest absolute Gasteiger partial charge is 0.319 e. The molecule has 4 rings (SSSR count). The third kappa shape index (κ3) is 2.63. The van der Waals surface area contributed by atoms with E-state index in [2.05, 4.69) is 25.7 Å². The fourth-order valence-electron chi connectivity index (χ4n) is 2.86. The van der Waals surface area contributed by atoms with Crippen molar-refractivity contribution in [3.05, 3.63) is 36.2 Å². The van der Waals surface area contributed by atoms with E-state index in [0.717, 1.165) is 18.7 Å². The molecule has 1 unspecified atom stereocenters. The Morgan fingerprint density at radius 2 is 2.35 bits per heavy atom. The van der Waals surface area contributed by atoms with E-state index < -0.39 is 0 Å². The molecule has 2 N–H and O–H groups in total. The monoisotopic (exact) mass is 312 g/mol. The van der Waals surface area contributed by atoms with Gasteiger partial charge >= 0.3 is 6.03 Å². The quantitative estimate of drug-likeness (QED) is 0.752. The summed E-state index contributed by atoms with van der Waals surface area (Å²) in [7, 11) is 0. The van der Waals surface area contributed by atoms with Gasteiger partial charge in [-0.2, -0.15) is 5.10 Å². The Morgan fingerprint density at radius 3 is 3.26 bits per heavy atom. The molecule has 2 aromatic heterocycles. The summed E-state index contributed by atoms with van der Waals surface area (Å²) in [5, 5.41) is 9.97. The van der Waals surface area contributed by atoms with Gasteiger partial charge in [0.2, 0.25) is 0 Å². The molecule has 0 fully saturated rings. The number of carbonyl (C=O) groups is 1. The molecule has 1 atom stereocenters. The van der Waals surface area contributed by atoms with Crippen LogP contribution in [0.25, 0.3) is 11.1 Å². The van der Waals surface area contributed by atoms with E-state index in [1.807, 2.05) is 16.8 Å². The first-order valence-electron chi connectivity index (χ1n) is 7.49. The Morgan fingerprint density at radius 1 is 1.43 bits per heavy atom. The highest BCUT2D eigenvalue weighted by Gasteiger charge is 2.21. The molecule has 0 bridgehead atoms. The summed E-state index contributed by atoms with van der Waals surface area (Å²) >= 11 is 0. The van der Waals surface area contributed by atoms with Gasteiger partial charge < -0.3 is 15.1 Å². The van der Waals surface area contributed by atoms with Crippen molar-refractivity contribution in [3.8, 4) is 0 Å². The molecule has 1 aliphatic rings. The minimum atomic E-state index is -0.258. The topological polar surface area (TPSA) is 97.9 Å². The fraction of sp³-hybridized carbons (Fsp3) is 0.333. The van der Waals surface area contributed by atoms with E-state index in [1.165, 1.54) is 0 Å². The Bertz CT molecular complexity index is 868. The van der Waals surface area contributed by atoms with Crippen molar-refractivity contribution in [2.24, 2.45) is 0 Å². The summed E-state index contributed by atoms with van der Waals surface area (Å²) in [6.07, 6.45) is 3.20. The third-order valence-corrected chi connectivity index (χ3v) is 3.91. The predicted octanol–water partition coefficient (Wildman–Crippen LogP) is 1.86. The molecule has 118 valence electrons. The van der Waals surface area contributed by atoms with E-state index >= 15 is 0 Å². The first kappa shape index (κ1) is 13.7. The summed E-state index contributed by atoms with van der Waals surface area (Å²) in [5.41, 5.74) is 1.95. The van der Waals surface area contributed by atoms with E-state index in [9.17, 15) is 4.79 Å². The molecule has 0 spiro atoms. The first-order chi connectivity index (χ1) is 11.2. The minimum Gasteiger partial charge on any atom is -0.441 e. The molecule has 0 saturated heterocycles. The standard InChI is InChI=1S/C15H16N6O2/c1-9-18-14-11(3-2-4-12(14)23-9)20-15(22)19-10-5-6-13-16-8-17-21(13)7-10/h2-4,8,10H,5-7H2,1H3,(H2,19,20,22). The second-order valence-electron chi connectivity index (χ2n) is 5.58. The van der Waals surface area contributed by atoms with E-state index in [-0.39, 0.29) is 12.1 Å². The zero-order valence-corrected chi connectivity index (χ0v) is 12.6. The van der Waals surface area contributed by atoms with Crippen LogP contribution in [0.4, 0.5) is 10.5 Å². The number of hydrogen-bond acceptors (Lipinski definition) is 5. The third-order valence-electron chi connectivity index (χ3n) is 3.91. The van der Waals surface area contributed by atoms with Crippen LogP contribution < -0.4 is 10.6 Å². The lowest BCUT2D eigenvalue weighted by Crippen LogP contribution is -2.43. The highest BCUT2D eigenvalue weighted by atomic mass is 16.3. The van der Waals surface area contributed by atoms with Gasteiger partial charge in [0.1, 0.15) is 17.7 Å². The van der Waals surface area contributed by atoms with Crippen molar-refractivity contribution >= 4 is 22.8 Å². The summed E-state index contributed by atoms with van der Waals surface area (Å²) in [6, 6.07) is 5.23. The van der Waals surface area contributed by atoms with E-state index in [0.29, 0.717) is 29.2 Å². The van der Waals surface area contributed by atoms with Gasteiger partial charge in [-0.15, -0.1) is 0 Å². The number of urea groups is 1. The van der Waals surface area contributed by atoms with Crippen LogP contribution in [0.1, 0.15) is 18.1 Å².